The summed E-state index contributed by atoms with van der Waals surface area (Å²) in [6, 6.07) is 7.57. The number of hydrogen-bond donors (Lipinski definition) is 2. The van der Waals surface area contributed by atoms with E-state index < -0.39 is 5.91 Å². The SMILES string of the molecule is CC(C)C(C)N=C(N=CN)c1cc2c(s1)-c1ccc(C(N)=O)cc1OCC2. The number of carbonyl (C=O) groups excluding carboxylic acids is 1. The van der Waals surface area contributed by atoms with E-state index in [0.717, 1.165) is 21.7 Å². The second-order valence-electron chi connectivity index (χ2n) is 6.85. The molecule has 0 bridgehead atoms. The van der Waals surface area contributed by atoms with Gasteiger partial charge in [-0.15, -0.1) is 11.3 Å². The molecule has 1 amide bonds. The number of carbonyl (C=O) groups is 1. The van der Waals surface area contributed by atoms with Gasteiger partial charge in [0.05, 0.1) is 23.9 Å². The Balaban J connectivity index is 2.07. The van der Waals surface area contributed by atoms with E-state index in [1.807, 2.05) is 6.07 Å². The van der Waals surface area contributed by atoms with Gasteiger partial charge in [-0.05, 0) is 42.7 Å². The van der Waals surface area contributed by atoms with Gasteiger partial charge in [0.1, 0.15) is 5.75 Å². The zero-order valence-corrected chi connectivity index (χ0v) is 16.5. The average Bonchev–Trinajstić information content (AvgIpc) is 2.97. The van der Waals surface area contributed by atoms with Gasteiger partial charge in [0.2, 0.25) is 5.91 Å². The van der Waals surface area contributed by atoms with Crippen molar-refractivity contribution in [1.82, 2.24) is 0 Å². The molecule has 1 aromatic heterocycles. The van der Waals surface area contributed by atoms with Crippen molar-refractivity contribution in [3.63, 3.8) is 0 Å². The standard InChI is InChI=1S/C20H24N4O2S/c1-11(2)12(3)24-20(23-10-21)17-9-13-6-7-26-16-8-14(19(22)25)4-5-15(16)18(13)27-17/h4-5,8-12H,6-7H2,1-3H3,(H2,22,25)(H2,21,23,24). The van der Waals surface area contributed by atoms with Crippen molar-refractivity contribution < 1.29 is 9.53 Å². The Morgan fingerprint density at radius 2 is 2.07 bits per heavy atom. The Bertz CT molecular complexity index is 915. The highest BCUT2D eigenvalue weighted by Gasteiger charge is 2.22. The molecule has 4 N–H and O–H groups in total. The van der Waals surface area contributed by atoms with E-state index in [4.69, 9.17) is 21.2 Å². The lowest BCUT2D eigenvalue weighted by molar-refractivity contribution is 0.1000. The van der Waals surface area contributed by atoms with Crippen LogP contribution in [0.25, 0.3) is 10.4 Å². The molecule has 2 heterocycles. The first kappa shape index (κ1) is 19.1. The fourth-order valence-corrected chi connectivity index (χ4v) is 3.97. The van der Waals surface area contributed by atoms with E-state index in [2.05, 4.69) is 31.8 Å². The molecule has 0 radical (unpaired) electrons. The third kappa shape index (κ3) is 4.03. The van der Waals surface area contributed by atoms with Gasteiger partial charge in [-0.1, -0.05) is 13.8 Å². The summed E-state index contributed by atoms with van der Waals surface area (Å²) in [5.74, 6) is 1.27. The summed E-state index contributed by atoms with van der Waals surface area (Å²) in [4.78, 5) is 22.6. The van der Waals surface area contributed by atoms with Gasteiger partial charge < -0.3 is 16.2 Å². The van der Waals surface area contributed by atoms with Crippen molar-refractivity contribution in [1.29, 1.82) is 0 Å². The fraction of sp³-hybridized carbons (Fsp3) is 0.350. The highest BCUT2D eigenvalue weighted by molar-refractivity contribution is 7.17. The average molecular weight is 385 g/mol. The normalized spacial score (nSPS) is 15.2. The molecule has 1 atom stereocenters. The van der Waals surface area contributed by atoms with Crippen molar-refractivity contribution in [3.8, 4) is 16.2 Å². The molecule has 27 heavy (non-hydrogen) atoms. The molecule has 1 unspecified atom stereocenters. The molecule has 7 heteroatoms. The number of fused-ring (bicyclic) bond motifs is 3. The minimum absolute atomic E-state index is 0.138. The molecule has 0 spiro atoms. The molecule has 1 aliphatic rings. The Hall–Kier alpha value is -2.67. The fourth-order valence-electron chi connectivity index (χ4n) is 2.78. The molecule has 0 fully saturated rings. The van der Waals surface area contributed by atoms with Gasteiger partial charge in [0.25, 0.3) is 0 Å². The number of amides is 1. The minimum Gasteiger partial charge on any atom is -0.493 e. The Morgan fingerprint density at radius 1 is 1.30 bits per heavy atom. The highest BCUT2D eigenvalue weighted by atomic mass is 32.1. The summed E-state index contributed by atoms with van der Waals surface area (Å²) in [6.07, 6.45) is 2.05. The number of hydrogen-bond acceptors (Lipinski definition) is 4. The molecule has 2 aromatic rings. The van der Waals surface area contributed by atoms with E-state index in [0.29, 0.717) is 29.7 Å². The lowest BCUT2D eigenvalue weighted by atomic mass is 10.1. The van der Waals surface area contributed by atoms with E-state index in [-0.39, 0.29) is 6.04 Å². The predicted molar refractivity (Wildman–Crippen MR) is 111 cm³/mol. The summed E-state index contributed by atoms with van der Waals surface area (Å²) in [5, 5.41) is 0. The van der Waals surface area contributed by atoms with Crippen LogP contribution >= 0.6 is 11.3 Å². The first-order valence-electron chi connectivity index (χ1n) is 8.93. The van der Waals surface area contributed by atoms with E-state index in [9.17, 15) is 4.79 Å². The maximum atomic E-state index is 11.5. The lowest BCUT2D eigenvalue weighted by Gasteiger charge is -2.11. The minimum atomic E-state index is -0.466. The summed E-state index contributed by atoms with van der Waals surface area (Å²) in [7, 11) is 0. The second-order valence-corrected chi connectivity index (χ2v) is 7.91. The molecule has 0 aliphatic carbocycles. The Kier molecular flexibility index (Phi) is 5.60. The number of thiophene rings is 1. The molecule has 0 saturated heterocycles. The van der Waals surface area contributed by atoms with Gasteiger partial charge in [-0.25, -0.2) is 4.99 Å². The van der Waals surface area contributed by atoms with E-state index in [1.54, 1.807) is 23.5 Å². The number of amidine groups is 1. The lowest BCUT2D eigenvalue weighted by Crippen LogP contribution is -2.11. The van der Waals surface area contributed by atoms with Crippen LogP contribution in [-0.4, -0.2) is 30.7 Å². The summed E-state index contributed by atoms with van der Waals surface area (Å²) < 4.78 is 5.84. The van der Waals surface area contributed by atoms with E-state index in [1.165, 1.54) is 11.9 Å². The van der Waals surface area contributed by atoms with Gasteiger partial charge in [-0.3, -0.25) is 9.79 Å². The number of primary amides is 1. The van der Waals surface area contributed by atoms with Crippen LogP contribution in [0.5, 0.6) is 5.75 Å². The summed E-state index contributed by atoms with van der Waals surface area (Å²) in [5.41, 5.74) is 13.5. The van der Waals surface area contributed by atoms with Crippen LogP contribution in [0.3, 0.4) is 0 Å². The number of nitrogens with zero attached hydrogens (tertiary/aromatic N) is 2. The third-order valence-corrected chi connectivity index (χ3v) is 5.86. The molecular formula is C20H24N4O2S. The largest absolute Gasteiger partial charge is 0.493 e. The van der Waals surface area contributed by atoms with E-state index >= 15 is 0 Å². The zero-order valence-electron chi connectivity index (χ0n) is 15.7. The van der Waals surface area contributed by atoms with Crippen molar-refractivity contribution in [2.24, 2.45) is 27.4 Å². The first-order chi connectivity index (χ1) is 12.9. The van der Waals surface area contributed by atoms with Crippen molar-refractivity contribution in [3.05, 3.63) is 40.3 Å². The van der Waals surface area contributed by atoms with Crippen molar-refractivity contribution in [2.45, 2.75) is 33.2 Å². The summed E-state index contributed by atoms with van der Waals surface area (Å²) >= 11 is 1.61. The molecule has 142 valence electrons. The number of ether oxygens (including phenoxy) is 1. The topological polar surface area (TPSA) is 103 Å². The predicted octanol–water partition coefficient (Wildman–Crippen LogP) is 3.23. The molecule has 6 nitrogen and oxygen atoms in total. The maximum Gasteiger partial charge on any atom is 0.248 e. The number of rotatable bonds is 4. The third-order valence-electron chi connectivity index (χ3n) is 4.66. The number of nitrogens with two attached hydrogens (primary N) is 2. The van der Waals surface area contributed by atoms with Crippen LogP contribution in [0.15, 0.2) is 34.3 Å². The van der Waals surface area contributed by atoms with Crippen molar-refractivity contribution in [2.75, 3.05) is 6.61 Å². The maximum absolute atomic E-state index is 11.5. The summed E-state index contributed by atoms with van der Waals surface area (Å²) in [6.45, 7) is 6.87. The van der Waals surface area contributed by atoms with Gasteiger partial charge in [0.15, 0.2) is 5.84 Å². The molecule has 0 saturated carbocycles. The first-order valence-corrected chi connectivity index (χ1v) is 9.74. The van der Waals surface area contributed by atoms with Gasteiger partial charge in [-0.2, -0.15) is 0 Å². The van der Waals surface area contributed by atoms with Crippen LogP contribution in [0.1, 0.15) is 41.6 Å². The van der Waals surface area contributed by atoms with Crippen LogP contribution in [0.4, 0.5) is 0 Å². The van der Waals surface area contributed by atoms with Gasteiger partial charge in [0, 0.05) is 22.4 Å². The van der Waals surface area contributed by atoms with Gasteiger partial charge >= 0.3 is 0 Å². The van der Waals surface area contributed by atoms with Crippen LogP contribution in [0.2, 0.25) is 0 Å². The monoisotopic (exact) mass is 384 g/mol. The molecule has 1 aliphatic heterocycles. The highest BCUT2D eigenvalue weighted by Crippen LogP contribution is 2.41. The van der Waals surface area contributed by atoms with Crippen molar-refractivity contribution >= 4 is 29.4 Å². The van der Waals surface area contributed by atoms with Crippen LogP contribution < -0.4 is 16.2 Å². The Morgan fingerprint density at radius 3 is 2.74 bits per heavy atom. The van der Waals surface area contributed by atoms with Crippen LogP contribution in [-0.2, 0) is 6.42 Å². The van der Waals surface area contributed by atoms with Crippen LogP contribution in [0, 0.1) is 5.92 Å². The number of benzene rings is 1. The smallest absolute Gasteiger partial charge is 0.248 e. The molecule has 3 rings (SSSR count). The quantitative estimate of drug-likeness (QED) is 0.625. The molecular weight excluding hydrogens is 360 g/mol. The zero-order chi connectivity index (χ0) is 19.6. The molecule has 1 aromatic carbocycles. The Labute approximate surface area is 163 Å². The second kappa shape index (κ2) is 7.92. The number of aliphatic imine (C=N–C) groups is 2.